The lowest BCUT2D eigenvalue weighted by molar-refractivity contribution is -0.140. The fraction of sp³-hybridized carbons (Fsp3) is 0.646. The van der Waals surface area contributed by atoms with Crippen molar-refractivity contribution in [3.8, 4) is 5.75 Å². The number of carbonyl (C=O) groups is 8. The van der Waals surface area contributed by atoms with Gasteiger partial charge in [-0.15, -0.1) is 0 Å². The number of hydrogen-bond acceptors (Lipinski definition) is 20. The van der Waals surface area contributed by atoms with Gasteiger partial charge in [-0.25, -0.2) is 4.79 Å². The number of aliphatic hydroxyl groups excluding tert-OH is 3. The fourth-order valence-corrected chi connectivity index (χ4v) is 8.17. The second-order valence-corrected chi connectivity index (χ2v) is 18.5. The van der Waals surface area contributed by atoms with Crippen LogP contribution in [0.5, 0.6) is 5.75 Å². The van der Waals surface area contributed by atoms with Crippen LogP contribution in [0, 0.1) is 0 Å². The quantitative estimate of drug-likeness (QED) is 0.00961. The first kappa shape index (κ1) is 67.5. The Morgan fingerprint density at radius 1 is 0.731 bits per heavy atom. The maximum atomic E-state index is 14.4. The zero-order chi connectivity index (χ0) is 58.3. The summed E-state index contributed by atoms with van der Waals surface area (Å²) in [6.07, 6.45) is -0.639. The number of guanidine groups is 1. The van der Waals surface area contributed by atoms with Gasteiger partial charge in [-0.1, -0.05) is 24.6 Å². The highest BCUT2D eigenvalue weighted by molar-refractivity contribution is 5.97. The van der Waals surface area contributed by atoms with E-state index in [1.165, 1.54) is 18.1 Å². The van der Waals surface area contributed by atoms with Crippen LogP contribution in [0.15, 0.2) is 41.0 Å². The number of aliphatic carboxylic acids is 1. The van der Waals surface area contributed by atoms with Crippen molar-refractivity contribution in [1.29, 1.82) is 0 Å². The lowest BCUT2D eigenvalue weighted by atomic mass is 10.0. The maximum Gasteiger partial charge on any atom is 0.352 e. The SMILES string of the molecule is COc1ccc(CC(NC(O)[C@@H]2CCCN2C(=O)[C@@H](CCCN)NC(=O)CNC(=O)[C@@H](NC(=O)[C@@H](NC(=O)[C@@H](N)CCCCN)[C@@H](O)CN)[C@@H](O)CN)C(=O)N[C@@H](CCCCN)C(=O)N/C(=C\CCN=C(N)N)C(=O)O)cc1. The number of methoxy groups -OCH3 is 1. The Balaban J connectivity index is 2.34. The van der Waals surface area contributed by atoms with Crippen LogP contribution in [0.2, 0.25) is 0 Å². The van der Waals surface area contributed by atoms with Crippen LogP contribution in [0.25, 0.3) is 0 Å². The molecular formula is C48H85N17O13. The Kier molecular flexibility index (Phi) is 31.6. The number of rotatable bonds is 38. The Morgan fingerprint density at radius 3 is 1.90 bits per heavy atom. The number of unbranched alkanes of at least 4 members (excludes halogenated alkanes) is 2. The van der Waals surface area contributed by atoms with E-state index in [-0.39, 0.29) is 77.1 Å². The first-order valence-corrected chi connectivity index (χ1v) is 25.9. The third-order valence-electron chi connectivity index (χ3n) is 12.5. The summed E-state index contributed by atoms with van der Waals surface area (Å²) < 4.78 is 5.28. The highest BCUT2D eigenvalue weighted by atomic mass is 16.5. The molecule has 30 heteroatoms. The van der Waals surface area contributed by atoms with Crippen molar-refractivity contribution < 1.29 is 63.5 Å². The lowest BCUT2D eigenvalue weighted by Crippen LogP contribution is -2.63. The molecule has 1 aliphatic heterocycles. The summed E-state index contributed by atoms with van der Waals surface area (Å²) in [6, 6.07) is -2.67. The predicted octanol–water partition coefficient (Wildman–Crippen LogP) is -7.73. The first-order valence-electron chi connectivity index (χ1n) is 25.9. The molecule has 1 saturated heterocycles. The average molecular weight is 1110 g/mol. The number of carbonyl (C=O) groups excluding carboxylic acids is 7. The normalized spacial score (nSPS) is 16.9. The predicted molar refractivity (Wildman–Crippen MR) is 286 cm³/mol. The van der Waals surface area contributed by atoms with E-state index < -0.39 is 133 Å². The van der Waals surface area contributed by atoms with Gasteiger partial charge in [0.15, 0.2) is 5.96 Å². The molecule has 1 aliphatic rings. The van der Waals surface area contributed by atoms with Crippen molar-refractivity contribution in [2.45, 2.75) is 138 Å². The molecule has 440 valence electrons. The van der Waals surface area contributed by atoms with E-state index >= 15 is 0 Å². The van der Waals surface area contributed by atoms with Crippen LogP contribution in [0.4, 0.5) is 0 Å². The fourth-order valence-electron chi connectivity index (χ4n) is 8.17. The highest BCUT2D eigenvalue weighted by Crippen LogP contribution is 2.23. The van der Waals surface area contributed by atoms with Crippen LogP contribution in [-0.2, 0) is 44.8 Å². The van der Waals surface area contributed by atoms with E-state index in [4.69, 9.17) is 50.6 Å². The minimum Gasteiger partial charge on any atom is -0.497 e. The Labute approximate surface area is 453 Å². The summed E-state index contributed by atoms with van der Waals surface area (Å²) in [5, 5.41) is 60.3. The number of ether oxygens (including phenoxy) is 1. The topological polar surface area (TPSA) is 535 Å². The van der Waals surface area contributed by atoms with Crippen molar-refractivity contribution in [3.05, 3.63) is 41.6 Å². The standard InChI is InChI=1S/C48H85N17O13/c1-78-28-16-14-27(15-17-28)23-33(42(71)60-30(10-3-5-19-50)41(70)61-32(47(76)77)12-7-21-57-48(55)56)62-43(72)34-13-8-22-65(34)46(75)31(11-6-20-51)59-37(68)26-58-44(73)38(35(66)24-52)64-45(74)39(36(67)25-53)63-40(69)29(54)9-2-4-18-49/h12,14-17,29-31,33-36,38-39,43,62,66-67,72H,2-11,13,18-26,49-54H2,1H3,(H,58,73)(H,59,68)(H,60,71)(H,61,70)(H,63,69)(H,64,74)(H,76,77)(H4,55,56,57)/b32-12-/t29-,30-,31+,33?,34-,35-,36-,38-,39-,43?/m0/s1. The number of nitrogens with one attached hydrogen (secondary N) is 7. The zero-order valence-corrected chi connectivity index (χ0v) is 44.3. The molecule has 2 unspecified atom stereocenters. The van der Waals surface area contributed by atoms with Gasteiger partial charge in [-0.05, 0) is 108 Å². The molecule has 10 atom stereocenters. The Hall–Kier alpha value is -6.61. The summed E-state index contributed by atoms with van der Waals surface area (Å²) in [7, 11) is 1.48. The smallest absolute Gasteiger partial charge is 0.352 e. The summed E-state index contributed by atoms with van der Waals surface area (Å²) in [5.74, 6) is -7.29. The van der Waals surface area contributed by atoms with Gasteiger partial charge in [0.25, 0.3) is 0 Å². The molecule has 0 radical (unpaired) electrons. The number of amides is 7. The number of carboxylic acid groups (broad SMARTS) is 1. The molecule has 30 nitrogen and oxygen atoms in total. The van der Waals surface area contributed by atoms with E-state index in [1.807, 2.05) is 0 Å². The van der Waals surface area contributed by atoms with Crippen LogP contribution in [0.3, 0.4) is 0 Å². The summed E-state index contributed by atoms with van der Waals surface area (Å²) >= 11 is 0. The molecule has 0 saturated carbocycles. The summed E-state index contributed by atoms with van der Waals surface area (Å²) in [6.45, 7) is -0.930. The molecule has 1 heterocycles. The largest absolute Gasteiger partial charge is 0.497 e. The third-order valence-corrected chi connectivity index (χ3v) is 12.5. The summed E-state index contributed by atoms with van der Waals surface area (Å²) in [4.78, 5) is 113. The molecule has 1 fully saturated rings. The molecule has 0 spiro atoms. The monoisotopic (exact) mass is 1110 g/mol. The van der Waals surface area contributed by atoms with Gasteiger partial charge in [0.05, 0.1) is 44.0 Å². The number of likely N-dealkylation sites (tertiary alicyclic amines) is 1. The van der Waals surface area contributed by atoms with Crippen molar-refractivity contribution in [2.75, 3.05) is 59.5 Å². The van der Waals surface area contributed by atoms with Crippen molar-refractivity contribution in [3.63, 3.8) is 0 Å². The van der Waals surface area contributed by atoms with Gasteiger partial charge in [-0.3, -0.25) is 43.9 Å². The Bertz CT molecular complexity index is 2140. The molecule has 0 aliphatic carbocycles. The number of aliphatic hydroxyl groups is 3. The van der Waals surface area contributed by atoms with E-state index in [9.17, 15) is 58.8 Å². The van der Waals surface area contributed by atoms with Gasteiger partial charge in [-0.2, -0.15) is 0 Å². The molecule has 7 amide bonds. The van der Waals surface area contributed by atoms with Crippen LogP contribution in [-0.4, -0.2) is 199 Å². The first-order chi connectivity index (χ1) is 37.2. The molecule has 0 bridgehead atoms. The number of carboxylic acids is 1. The van der Waals surface area contributed by atoms with Crippen LogP contribution < -0.4 is 87.8 Å². The number of benzene rings is 1. The van der Waals surface area contributed by atoms with Crippen molar-refractivity contribution in [2.24, 2.45) is 50.9 Å². The summed E-state index contributed by atoms with van der Waals surface area (Å²) in [5.41, 5.74) is 45.0. The lowest BCUT2D eigenvalue weighted by Gasteiger charge is -2.34. The van der Waals surface area contributed by atoms with Gasteiger partial charge >= 0.3 is 5.97 Å². The molecule has 1 aromatic rings. The minimum absolute atomic E-state index is 0.0186. The molecule has 2 rings (SSSR count). The molecule has 0 aromatic heterocycles. The second-order valence-electron chi connectivity index (χ2n) is 18.5. The molecule has 78 heavy (non-hydrogen) atoms. The van der Waals surface area contributed by atoms with E-state index in [2.05, 4.69) is 42.2 Å². The average Bonchev–Trinajstić information content (AvgIpc) is 3.92. The number of aliphatic imine (C=N–C) groups is 1. The van der Waals surface area contributed by atoms with E-state index in [0.29, 0.717) is 50.0 Å². The Morgan fingerprint density at radius 2 is 1.32 bits per heavy atom. The molecule has 27 N–H and O–H groups in total. The van der Waals surface area contributed by atoms with E-state index in [0.717, 1.165) is 0 Å². The maximum absolute atomic E-state index is 14.4. The molecular weight excluding hydrogens is 1020 g/mol. The second kappa shape index (κ2) is 36.5. The van der Waals surface area contributed by atoms with Crippen LogP contribution in [0.1, 0.15) is 76.2 Å². The number of hydrogen-bond donors (Lipinski definition) is 19. The minimum atomic E-state index is -1.82. The van der Waals surface area contributed by atoms with Gasteiger partial charge in [0, 0.05) is 26.2 Å². The number of nitrogens with two attached hydrogens (primary N) is 8. The zero-order valence-electron chi connectivity index (χ0n) is 44.3. The van der Waals surface area contributed by atoms with Gasteiger partial charge in [0.2, 0.25) is 41.4 Å². The van der Waals surface area contributed by atoms with Crippen LogP contribution >= 0.6 is 0 Å². The van der Waals surface area contributed by atoms with Crippen molar-refractivity contribution in [1.82, 2.24) is 42.1 Å². The van der Waals surface area contributed by atoms with Gasteiger partial charge in [0.1, 0.15) is 41.8 Å². The molecule has 1 aromatic carbocycles. The highest BCUT2D eigenvalue weighted by Gasteiger charge is 2.40. The van der Waals surface area contributed by atoms with Gasteiger partial charge < -0.3 is 108 Å². The van der Waals surface area contributed by atoms with E-state index in [1.54, 1.807) is 24.3 Å². The third kappa shape index (κ3) is 23.6. The number of nitrogens with zero attached hydrogens (tertiary/aromatic N) is 2. The van der Waals surface area contributed by atoms with Crippen molar-refractivity contribution >= 4 is 53.3 Å².